The first-order valence-corrected chi connectivity index (χ1v) is 8.24. The van der Waals surface area contributed by atoms with E-state index in [-0.39, 0.29) is 18.0 Å². The highest BCUT2D eigenvalue weighted by Gasteiger charge is 2.03. The van der Waals surface area contributed by atoms with Crippen molar-refractivity contribution in [1.82, 2.24) is 4.98 Å². The van der Waals surface area contributed by atoms with E-state index in [4.69, 9.17) is 10.2 Å². The lowest BCUT2D eigenvalue weighted by molar-refractivity contribution is 0.561. The third-order valence-corrected chi connectivity index (χ3v) is 4.16. The van der Waals surface area contributed by atoms with Crippen molar-refractivity contribution >= 4 is 50.9 Å². The predicted molar refractivity (Wildman–Crippen MR) is 113 cm³/mol. The van der Waals surface area contributed by atoms with Gasteiger partial charge in [0.2, 0.25) is 0 Å². The van der Waals surface area contributed by atoms with Crippen LogP contribution in [0.25, 0.3) is 32.8 Å². The number of halogens is 1. The molecule has 0 saturated carbocycles. The van der Waals surface area contributed by atoms with Crippen LogP contribution in [-0.2, 0) is 0 Å². The SMILES string of the molecule is Cl.Nc1c2ccccc2nc2ccccc12.O=c1ccc2ccccc2o1. The molecule has 0 spiro atoms. The average molecular weight is 377 g/mol. The third kappa shape index (κ3) is 3.76. The van der Waals surface area contributed by atoms with Gasteiger partial charge in [0.15, 0.2) is 0 Å². The van der Waals surface area contributed by atoms with Gasteiger partial charge in [-0.15, -0.1) is 12.4 Å². The van der Waals surface area contributed by atoms with E-state index in [0.29, 0.717) is 5.58 Å². The number of hydrogen-bond donors (Lipinski definition) is 1. The molecule has 0 amide bonds. The van der Waals surface area contributed by atoms with Gasteiger partial charge < -0.3 is 10.2 Å². The largest absolute Gasteiger partial charge is 0.423 e. The molecule has 2 aromatic heterocycles. The summed E-state index contributed by atoms with van der Waals surface area (Å²) in [5.41, 5.74) is 9.17. The number of nitrogens with two attached hydrogens (primary N) is 1. The highest BCUT2D eigenvalue weighted by molar-refractivity contribution is 6.06. The van der Waals surface area contributed by atoms with Crippen LogP contribution >= 0.6 is 12.4 Å². The fraction of sp³-hybridized carbons (Fsp3) is 0. The number of para-hydroxylation sites is 3. The minimum atomic E-state index is -0.302. The summed E-state index contributed by atoms with van der Waals surface area (Å²) in [6.45, 7) is 0. The molecule has 0 fully saturated rings. The van der Waals surface area contributed by atoms with Gasteiger partial charge >= 0.3 is 5.63 Å². The van der Waals surface area contributed by atoms with E-state index in [9.17, 15) is 4.79 Å². The van der Waals surface area contributed by atoms with Gasteiger partial charge in [0, 0.05) is 22.2 Å². The molecule has 0 radical (unpaired) electrons. The summed E-state index contributed by atoms with van der Waals surface area (Å²) in [5, 5.41) is 3.00. The molecule has 0 aliphatic heterocycles. The Kier molecular flexibility index (Phi) is 5.38. The lowest BCUT2D eigenvalue weighted by Gasteiger charge is -2.05. The van der Waals surface area contributed by atoms with E-state index in [0.717, 1.165) is 32.9 Å². The van der Waals surface area contributed by atoms with Crippen molar-refractivity contribution in [3.63, 3.8) is 0 Å². The Morgan fingerprint density at radius 1 is 0.704 bits per heavy atom. The monoisotopic (exact) mass is 376 g/mol. The summed E-state index contributed by atoms with van der Waals surface area (Å²) in [5.74, 6) is 0. The topological polar surface area (TPSA) is 69.1 Å². The highest BCUT2D eigenvalue weighted by Crippen LogP contribution is 2.27. The molecule has 5 rings (SSSR count). The zero-order valence-corrected chi connectivity index (χ0v) is 15.1. The Bertz CT molecular complexity index is 1230. The van der Waals surface area contributed by atoms with Crippen molar-refractivity contribution in [1.29, 1.82) is 0 Å². The van der Waals surface area contributed by atoms with Crippen molar-refractivity contribution < 1.29 is 4.42 Å². The number of aromatic nitrogens is 1. The summed E-state index contributed by atoms with van der Waals surface area (Å²) >= 11 is 0. The molecular formula is C22H17ClN2O2. The zero-order valence-electron chi connectivity index (χ0n) is 14.3. The molecule has 5 heteroatoms. The number of rotatable bonds is 0. The Morgan fingerprint density at radius 2 is 1.26 bits per heavy atom. The number of anilines is 1. The second kappa shape index (κ2) is 7.89. The molecule has 134 valence electrons. The van der Waals surface area contributed by atoms with Gasteiger partial charge in [-0.1, -0.05) is 54.6 Å². The number of pyridine rings is 1. The molecular weight excluding hydrogens is 360 g/mol. The summed E-state index contributed by atoms with van der Waals surface area (Å²) in [4.78, 5) is 15.3. The van der Waals surface area contributed by atoms with E-state index in [1.165, 1.54) is 6.07 Å². The standard InChI is InChI=1S/C13H10N2.C9H6O2.ClH/c14-13-9-5-1-3-7-11(9)15-12-8-4-2-6-10(12)13;10-9-6-5-7-3-1-2-4-8(7)11-9;/h1-8H,(H2,14,15);1-6H;1H. The Balaban J connectivity index is 0.000000157. The molecule has 0 bridgehead atoms. The Labute approximate surface area is 161 Å². The van der Waals surface area contributed by atoms with Gasteiger partial charge in [0.25, 0.3) is 0 Å². The molecule has 2 N–H and O–H groups in total. The van der Waals surface area contributed by atoms with E-state index in [1.54, 1.807) is 12.1 Å². The molecule has 3 aromatic carbocycles. The highest BCUT2D eigenvalue weighted by atomic mass is 35.5. The minimum absolute atomic E-state index is 0. The van der Waals surface area contributed by atoms with Crippen LogP contribution in [0.5, 0.6) is 0 Å². The summed E-state index contributed by atoms with van der Waals surface area (Å²) < 4.78 is 4.91. The first-order chi connectivity index (χ1) is 12.7. The smallest absolute Gasteiger partial charge is 0.336 e. The van der Waals surface area contributed by atoms with E-state index in [1.807, 2.05) is 66.7 Å². The third-order valence-electron chi connectivity index (χ3n) is 4.16. The van der Waals surface area contributed by atoms with Crippen LogP contribution in [-0.4, -0.2) is 4.98 Å². The quantitative estimate of drug-likeness (QED) is 0.298. The van der Waals surface area contributed by atoms with E-state index in [2.05, 4.69) is 4.98 Å². The van der Waals surface area contributed by atoms with Gasteiger partial charge in [-0.2, -0.15) is 0 Å². The normalized spacial score (nSPS) is 10.2. The van der Waals surface area contributed by atoms with Crippen molar-refractivity contribution in [2.24, 2.45) is 0 Å². The molecule has 0 aliphatic carbocycles. The number of benzene rings is 3. The lowest BCUT2D eigenvalue weighted by atomic mass is 10.1. The van der Waals surface area contributed by atoms with Crippen molar-refractivity contribution in [3.05, 3.63) is 95.3 Å². The van der Waals surface area contributed by atoms with Gasteiger partial charge in [0.1, 0.15) is 5.58 Å². The first-order valence-electron chi connectivity index (χ1n) is 8.24. The first kappa shape index (κ1) is 18.4. The molecule has 27 heavy (non-hydrogen) atoms. The molecule has 0 saturated heterocycles. The van der Waals surface area contributed by atoms with Gasteiger partial charge in [-0.25, -0.2) is 9.78 Å². The minimum Gasteiger partial charge on any atom is -0.423 e. The van der Waals surface area contributed by atoms with Crippen LogP contribution in [0, 0.1) is 0 Å². The van der Waals surface area contributed by atoms with Crippen LogP contribution in [0.3, 0.4) is 0 Å². The zero-order chi connectivity index (χ0) is 17.9. The molecule has 5 aromatic rings. The maximum absolute atomic E-state index is 10.7. The Morgan fingerprint density at radius 3 is 1.93 bits per heavy atom. The summed E-state index contributed by atoms with van der Waals surface area (Å²) in [7, 11) is 0. The molecule has 0 unspecified atom stereocenters. The Hall–Kier alpha value is -3.37. The van der Waals surface area contributed by atoms with Crippen LogP contribution in [0.4, 0.5) is 5.69 Å². The van der Waals surface area contributed by atoms with Crippen molar-refractivity contribution in [3.8, 4) is 0 Å². The van der Waals surface area contributed by atoms with Crippen LogP contribution in [0.2, 0.25) is 0 Å². The number of hydrogen-bond acceptors (Lipinski definition) is 4. The van der Waals surface area contributed by atoms with Crippen LogP contribution < -0.4 is 11.4 Å². The van der Waals surface area contributed by atoms with Crippen LogP contribution in [0.15, 0.2) is 94.1 Å². The van der Waals surface area contributed by atoms with Crippen molar-refractivity contribution in [2.45, 2.75) is 0 Å². The molecule has 4 nitrogen and oxygen atoms in total. The fourth-order valence-electron chi connectivity index (χ4n) is 2.88. The summed E-state index contributed by atoms with van der Waals surface area (Å²) in [6.07, 6.45) is 0. The maximum Gasteiger partial charge on any atom is 0.336 e. The predicted octanol–water partition coefficient (Wildman–Crippen LogP) is 5.19. The van der Waals surface area contributed by atoms with Gasteiger partial charge in [-0.05, 0) is 24.3 Å². The average Bonchev–Trinajstić information content (AvgIpc) is 2.69. The number of nitrogen functional groups attached to an aromatic ring is 1. The van der Waals surface area contributed by atoms with E-state index < -0.39 is 0 Å². The lowest BCUT2D eigenvalue weighted by Crippen LogP contribution is -1.93. The maximum atomic E-state index is 10.7. The second-order valence-corrected chi connectivity index (χ2v) is 5.85. The number of fused-ring (bicyclic) bond motifs is 3. The van der Waals surface area contributed by atoms with Gasteiger partial charge in [-0.3, -0.25) is 0 Å². The molecule has 0 atom stereocenters. The summed E-state index contributed by atoms with van der Waals surface area (Å²) in [6, 6.07) is 26.5. The molecule has 2 heterocycles. The van der Waals surface area contributed by atoms with Gasteiger partial charge in [0.05, 0.1) is 16.7 Å². The fourth-order valence-corrected chi connectivity index (χ4v) is 2.88. The van der Waals surface area contributed by atoms with Crippen molar-refractivity contribution in [2.75, 3.05) is 5.73 Å². The molecule has 0 aliphatic rings. The number of nitrogens with zero attached hydrogens (tertiary/aromatic N) is 1. The van der Waals surface area contributed by atoms with Crippen LogP contribution in [0.1, 0.15) is 0 Å². The second-order valence-electron chi connectivity index (χ2n) is 5.85. The van der Waals surface area contributed by atoms with E-state index >= 15 is 0 Å².